The monoisotopic (exact) mass is 785 g/mol. The molecule has 0 aromatic rings. The highest BCUT2D eigenvalue weighted by molar-refractivity contribution is 6.06. The second-order valence-corrected chi connectivity index (χ2v) is 17.2. The normalized spacial score (nSPS) is 41.9. The number of nitrogens with zero attached hydrogens (tertiary/aromatic N) is 1. The molecule has 0 radical (unpaired) electrons. The second kappa shape index (κ2) is 18.7. The molecule has 5 fully saturated rings. The van der Waals surface area contributed by atoms with Crippen LogP contribution in [0.3, 0.4) is 0 Å². The van der Waals surface area contributed by atoms with Crippen molar-refractivity contribution in [2.45, 2.75) is 185 Å². The van der Waals surface area contributed by atoms with E-state index < -0.39 is 54.0 Å². The van der Waals surface area contributed by atoms with Crippen molar-refractivity contribution in [3.05, 3.63) is 47.1 Å². The van der Waals surface area contributed by atoms with E-state index in [9.17, 15) is 20.2 Å². The van der Waals surface area contributed by atoms with Crippen molar-refractivity contribution in [2.75, 3.05) is 13.7 Å². The van der Waals surface area contributed by atoms with E-state index in [0.717, 1.165) is 31.3 Å². The summed E-state index contributed by atoms with van der Waals surface area (Å²) in [7, 11) is 1.59. The third-order valence-corrected chi connectivity index (χ3v) is 13.3. The zero-order valence-corrected chi connectivity index (χ0v) is 34.6. The van der Waals surface area contributed by atoms with Crippen LogP contribution in [0, 0.1) is 17.8 Å². The Morgan fingerprint density at radius 1 is 1.14 bits per heavy atom. The first-order chi connectivity index (χ1) is 26.9. The van der Waals surface area contributed by atoms with Crippen LogP contribution in [-0.2, 0) is 38.0 Å². The summed E-state index contributed by atoms with van der Waals surface area (Å²) in [6.45, 7) is 11.9. The lowest BCUT2D eigenvalue weighted by Gasteiger charge is -2.51. The lowest BCUT2D eigenvalue weighted by molar-refractivity contribution is -0.342. The number of carbonyl (C=O) groups is 1. The number of hydrogen-bond acceptors (Lipinski definition) is 12. The molecule has 3 N–H and O–H groups in total. The molecule has 6 aliphatic rings. The van der Waals surface area contributed by atoms with Crippen molar-refractivity contribution in [1.82, 2.24) is 0 Å². The van der Waals surface area contributed by atoms with Crippen molar-refractivity contribution in [3.8, 4) is 0 Å². The molecule has 0 bridgehead atoms. The predicted octanol–water partition coefficient (Wildman–Crippen LogP) is 6.85. The lowest BCUT2D eigenvalue weighted by atomic mass is 9.71. The van der Waals surface area contributed by atoms with E-state index in [2.05, 4.69) is 32.0 Å². The van der Waals surface area contributed by atoms with Gasteiger partial charge in [0.05, 0.1) is 37.1 Å². The van der Waals surface area contributed by atoms with Crippen molar-refractivity contribution < 1.29 is 53.4 Å². The molecule has 12 nitrogen and oxygen atoms in total. The van der Waals surface area contributed by atoms with Crippen LogP contribution in [0.15, 0.2) is 52.3 Å². The number of fused-ring (bicyclic) bond motifs is 1. The van der Waals surface area contributed by atoms with Crippen LogP contribution >= 0.6 is 0 Å². The van der Waals surface area contributed by atoms with E-state index in [0.29, 0.717) is 55.1 Å². The van der Waals surface area contributed by atoms with Crippen LogP contribution < -0.4 is 0 Å². The lowest BCUT2D eigenvalue weighted by Crippen LogP contribution is -2.57. The molecule has 4 aliphatic heterocycles. The van der Waals surface area contributed by atoms with Gasteiger partial charge in [0, 0.05) is 32.8 Å². The Morgan fingerprint density at radius 2 is 1.91 bits per heavy atom. The van der Waals surface area contributed by atoms with E-state index in [-0.39, 0.29) is 36.7 Å². The number of rotatable bonds is 11. The van der Waals surface area contributed by atoms with Gasteiger partial charge in [0.1, 0.15) is 35.5 Å². The van der Waals surface area contributed by atoms with Gasteiger partial charge in [-0.15, -0.1) is 0 Å². The summed E-state index contributed by atoms with van der Waals surface area (Å²) in [6.07, 6.45) is 15.4. The number of aliphatic hydroxyl groups is 2. The molecule has 314 valence electrons. The first-order valence-electron chi connectivity index (χ1n) is 21.2. The summed E-state index contributed by atoms with van der Waals surface area (Å²) < 4.78 is 44.5. The van der Waals surface area contributed by atoms with E-state index in [1.807, 2.05) is 19.9 Å². The van der Waals surface area contributed by atoms with Crippen molar-refractivity contribution in [2.24, 2.45) is 22.9 Å². The molecule has 1 spiro atoms. The quantitative estimate of drug-likeness (QED) is 0.0872. The fourth-order valence-electron chi connectivity index (χ4n) is 10.1. The van der Waals surface area contributed by atoms with Crippen LogP contribution in [0.1, 0.15) is 119 Å². The maximum absolute atomic E-state index is 14.4. The van der Waals surface area contributed by atoms with Crippen molar-refractivity contribution in [1.29, 1.82) is 0 Å². The number of ether oxygens (including phenoxy) is 7. The largest absolute Gasteiger partial charge is 0.462 e. The van der Waals surface area contributed by atoms with Crippen LogP contribution in [0.2, 0.25) is 0 Å². The summed E-state index contributed by atoms with van der Waals surface area (Å²) in [4.78, 5) is 14.4. The summed E-state index contributed by atoms with van der Waals surface area (Å²) in [5, 5.41) is 36.1. The zero-order chi connectivity index (χ0) is 40.2. The van der Waals surface area contributed by atoms with Gasteiger partial charge in [0.25, 0.3) is 0 Å². The molecule has 0 aromatic heterocycles. The number of allylic oxidation sites excluding steroid dienone is 3. The summed E-state index contributed by atoms with van der Waals surface area (Å²) in [5.74, 6) is -1.68. The van der Waals surface area contributed by atoms with Gasteiger partial charge in [-0.05, 0) is 88.4 Å². The first kappa shape index (κ1) is 43.2. The minimum atomic E-state index is -1.78. The Bertz CT molecular complexity index is 1520. The molecule has 13 atom stereocenters. The van der Waals surface area contributed by atoms with Gasteiger partial charge in [0.2, 0.25) is 0 Å². The summed E-state index contributed by atoms with van der Waals surface area (Å²) >= 11 is 0. The molecule has 0 aromatic carbocycles. The fourth-order valence-corrected chi connectivity index (χ4v) is 10.1. The van der Waals surface area contributed by atoms with Crippen LogP contribution in [0.25, 0.3) is 0 Å². The molecular formula is C44H67NO11. The highest BCUT2D eigenvalue weighted by Gasteiger charge is 2.60. The average Bonchev–Trinajstić information content (AvgIpc) is 3.53. The predicted molar refractivity (Wildman–Crippen MR) is 210 cm³/mol. The summed E-state index contributed by atoms with van der Waals surface area (Å²) in [6, 6.07) is 0. The molecule has 4 saturated heterocycles. The highest BCUT2D eigenvalue weighted by Crippen LogP contribution is 2.48. The topological polar surface area (TPSA) is 155 Å². The van der Waals surface area contributed by atoms with Crippen LogP contribution in [0.4, 0.5) is 0 Å². The van der Waals surface area contributed by atoms with Crippen molar-refractivity contribution in [3.63, 3.8) is 0 Å². The van der Waals surface area contributed by atoms with Gasteiger partial charge < -0.3 is 48.6 Å². The molecular weight excluding hydrogens is 718 g/mol. The van der Waals surface area contributed by atoms with Gasteiger partial charge in [-0.25, -0.2) is 0 Å². The second-order valence-electron chi connectivity index (χ2n) is 17.2. The molecule has 4 heterocycles. The minimum Gasteiger partial charge on any atom is -0.462 e. The van der Waals surface area contributed by atoms with E-state index in [4.69, 9.17) is 33.2 Å². The number of oxime groups is 1. The molecule has 6 rings (SSSR count). The molecule has 12 heteroatoms. The number of esters is 1. The molecule has 1 saturated carbocycles. The van der Waals surface area contributed by atoms with Crippen LogP contribution in [-0.4, -0.2) is 107 Å². The third-order valence-electron chi connectivity index (χ3n) is 13.3. The van der Waals surface area contributed by atoms with Crippen LogP contribution in [0.5, 0.6) is 0 Å². The molecule has 0 amide bonds. The smallest absolute Gasteiger partial charge is 0.316 e. The van der Waals surface area contributed by atoms with Gasteiger partial charge in [0.15, 0.2) is 12.1 Å². The maximum Gasteiger partial charge on any atom is 0.316 e. The number of aliphatic hydroxyl groups excluding tert-OH is 1. The van der Waals surface area contributed by atoms with E-state index in [1.54, 1.807) is 32.3 Å². The van der Waals surface area contributed by atoms with E-state index in [1.165, 1.54) is 19.3 Å². The first-order valence-corrected chi connectivity index (χ1v) is 21.2. The van der Waals surface area contributed by atoms with Gasteiger partial charge in [-0.3, -0.25) is 4.79 Å². The Balaban J connectivity index is 1.24. The Hall–Kier alpha value is -2.42. The van der Waals surface area contributed by atoms with Gasteiger partial charge in [-0.1, -0.05) is 68.6 Å². The molecule has 56 heavy (non-hydrogen) atoms. The third kappa shape index (κ3) is 9.08. The standard InChI is InChI=1S/C44H67NO11/c1-8-10-16-31-25-51-41-38(45-49)28(5)21-34(44(31,41)48)42(47)53-33-22-32(55-43(24-33)20-19-27(4)40(56-43)30-14-12-11-13-15-30)18-17-26(3)35(9-2)54-37-23-36(50-7)39(46)29(6)52-37/h8,10,16-17,21,27,29-30,32-37,39-41,46,48-49H,9,11-15,18-20,22-25H2,1-7H3/b10-8+,26-17+,31-16+,45-38+/t27-,29-,32+,33-,34-,35-,36-,37-,39-,40-,41+,43+,44+/m0/s1. The SMILES string of the molecule is C/C=C/C=C1\CO[C@@H]2/C(=N/O)C(C)=C[C@@H](C(=O)O[C@H]3C[C@@H](C/C=C(\C)[C@H](CC)O[C@H]4C[C@H](OC)[C@@H](O)[C@H](C)O4)O[C@@]4(CC[C@H](C)[C@@H](C5CCCCC5)O4)C3)[C@]12O. The fraction of sp³-hybridized carbons (Fsp3) is 0.773. The van der Waals surface area contributed by atoms with Crippen molar-refractivity contribution >= 4 is 11.7 Å². The number of methoxy groups -OCH3 is 1. The minimum absolute atomic E-state index is 0.0678. The van der Waals surface area contributed by atoms with E-state index >= 15 is 0 Å². The number of hydrogen-bond donors (Lipinski definition) is 3. The Kier molecular flexibility index (Phi) is 14.4. The number of carbonyl (C=O) groups excluding carboxylic acids is 1. The zero-order valence-electron chi connectivity index (χ0n) is 34.6. The maximum atomic E-state index is 14.4. The summed E-state index contributed by atoms with van der Waals surface area (Å²) in [5.41, 5.74) is 0.523. The highest BCUT2D eigenvalue weighted by atomic mass is 16.7. The Morgan fingerprint density at radius 3 is 2.61 bits per heavy atom. The Labute approximate surface area is 333 Å². The average molecular weight is 786 g/mol. The van der Waals surface area contributed by atoms with Gasteiger partial charge in [-0.2, -0.15) is 0 Å². The molecule has 2 aliphatic carbocycles. The van der Waals surface area contributed by atoms with Gasteiger partial charge >= 0.3 is 5.97 Å². The molecule has 0 unspecified atom stereocenters.